The van der Waals surface area contributed by atoms with Crippen LogP contribution >= 0.6 is 0 Å². The van der Waals surface area contributed by atoms with Gasteiger partial charge in [0, 0.05) is 31.7 Å². The van der Waals surface area contributed by atoms with E-state index in [2.05, 4.69) is 23.6 Å². The van der Waals surface area contributed by atoms with Crippen LogP contribution in [0.3, 0.4) is 0 Å². The van der Waals surface area contributed by atoms with E-state index in [-0.39, 0.29) is 0 Å². The standard InChI is InChI=1S/C17H33N3O/c1-3-14-12-19(11-10-16(14)18)13-17(21)20(4-2)15-8-6-5-7-9-15/h14-16H,3-13,18H2,1-2H3. The number of amides is 1. The molecule has 4 nitrogen and oxygen atoms in total. The van der Waals surface area contributed by atoms with E-state index in [1.165, 1.54) is 32.1 Å². The van der Waals surface area contributed by atoms with Gasteiger partial charge in [0.25, 0.3) is 0 Å². The number of nitrogens with two attached hydrogens (primary N) is 1. The third-order valence-corrected chi connectivity index (χ3v) is 5.44. The monoisotopic (exact) mass is 295 g/mol. The summed E-state index contributed by atoms with van der Waals surface area (Å²) in [6, 6.07) is 0.812. The van der Waals surface area contributed by atoms with Crippen LogP contribution in [-0.2, 0) is 4.79 Å². The van der Waals surface area contributed by atoms with Gasteiger partial charge in [0.05, 0.1) is 6.54 Å². The minimum Gasteiger partial charge on any atom is -0.339 e. The van der Waals surface area contributed by atoms with Crippen LogP contribution in [0.1, 0.15) is 58.8 Å². The van der Waals surface area contributed by atoms with Crippen LogP contribution < -0.4 is 5.73 Å². The van der Waals surface area contributed by atoms with Crippen LogP contribution in [0, 0.1) is 5.92 Å². The molecule has 1 aliphatic heterocycles. The Kier molecular flexibility index (Phi) is 6.49. The first-order chi connectivity index (χ1) is 10.2. The molecule has 122 valence electrons. The minimum atomic E-state index is 0.321. The molecular weight excluding hydrogens is 262 g/mol. The lowest BCUT2D eigenvalue weighted by Gasteiger charge is -2.39. The largest absolute Gasteiger partial charge is 0.339 e. The quantitative estimate of drug-likeness (QED) is 0.846. The van der Waals surface area contributed by atoms with Crippen LogP contribution in [0.15, 0.2) is 0 Å². The van der Waals surface area contributed by atoms with E-state index < -0.39 is 0 Å². The summed E-state index contributed by atoms with van der Waals surface area (Å²) in [7, 11) is 0. The van der Waals surface area contributed by atoms with Gasteiger partial charge in [-0.05, 0) is 32.1 Å². The Balaban J connectivity index is 1.86. The molecule has 0 bridgehead atoms. The van der Waals surface area contributed by atoms with Gasteiger partial charge in [0.2, 0.25) is 5.91 Å². The molecule has 1 amide bonds. The highest BCUT2D eigenvalue weighted by Crippen LogP contribution is 2.23. The Morgan fingerprint density at radius 2 is 1.90 bits per heavy atom. The zero-order valence-corrected chi connectivity index (χ0v) is 13.9. The average molecular weight is 295 g/mol. The molecule has 0 aromatic rings. The highest BCUT2D eigenvalue weighted by atomic mass is 16.2. The molecule has 21 heavy (non-hydrogen) atoms. The zero-order valence-electron chi connectivity index (χ0n) is 13.9. The van der Waals surface area contributed by atoms with Crippen molar-refractivity contribution in [1.29, 1.82) is 0 Å². The number of likely N-dealkylation sites (N-methyl/N-ethyl adjacent to an activating group) is 1. The van der Waals surface area contributed by atoms with Gasteiger partial charge in [-0.2, -0.15) is 0 Å². The second-order valence-electron chi connectivity index (χ2n) is 6.83. The van der Waals surface area contributed by atoms with E-state index in [9.17, 15) is 4.79 Å². The maximum absolute atomic E-state index is 12.7. The fourth-order valence-electron chi connectivity index (χ4n) is 4.01. The van der Waals surface area contributed by atoms with Crippen molar-refractivity contribution in [1.82, 2.24) is 9.80 Å². The topological polar surface area (TPSA) is 49.6 Å². The second kappa shape index (κ2) is 8.14. The Labute approximate surface area is 130 Å². The predicted molar refractivity (Wildman–Crippen MR) is 87.1 cm³/mol. The molecule has 1 heterocycles. The van der Waals surface area contributed by atoms with Gasteiger partial charge < -0.3 is 10.6 Å². The first-order valence-corrected chi connectivity index (χ1v) is 8.93. The third-order valence-electron chi connectivity index (χ3n) is 5.44. The van der Waals surface area contributed by atoms with E-state index in [4.69, 9.17) is 5.73 Å². The van der Waals surface area contributed by atoms with Gasteiger partial charge in [0.1, 0.15) is 0 Å². The van der Waals surface area contributed by atoms with E-state index in [1.807, 2.05) is 0 Å². The Hall–Kier alpha value is -0.610. The molecule has 2 unspecified atom stereocenters. The number of carbonyl (C=O) groups is 1. The fourth-order valence-corrected chi connectivity index (χ4v) is 4.01. The van der Waals surface area contributed by atoms with Gasteiger partial charge in [-0.25, -0.2) is 0 Å². The lowest BCUT2D eigenvalue weighted by Crippen LogP contribution is -2.51. The van der Waals surface area contributed by atoms with Gasteiger partial charge in [0.15, 0.2) is 0 Å². The molecule has 2 rings (SSSR count). The van der Waals surface area contributed by atoms with Gasteiger partial charge >= 0.3 is 0 Å². The van der Waals surface area contributed by atoms with Crippen LogP contribution in [0.2, 0.25) is 0 Å². The first kappa shape index (κ1) is 16.8. The Morgan fingerprint density at radius 3 is 2.52 bits per heavy atom. The number of carbonyl (C=O) groups excluding carboxylic acids is 1. The maximum atomic E-state index is 12.7. The van der Waals surface area contributed by atoms with Gasteiger partial charge in [-0.3, -0.25) is 9.69 Å². The fraction of sp³-hybridized carbons (Fsp3) is 0.941. The smallest absolute Gasteiger partial charge is 0.236 e. The maximum Gasteiger partial charge on any atom is 0.236 e. The predicted octanol–water partition coefficient (Wildman–Crippen LogP) is 2.23. The molecule has 1 saturated heterocycles. The molecule has 0 spiro atoms. The third kappa shape index (κ3) is 4.43. The number of hydrogen-bond donors (Lipinski definition) is 1. The minimum absolute atomic E-state index is 0.321. The molecule has 2 fully saturated rings. The highest BCUT2D eigenvalue weighted by Gasteiger charge is 2.29. The lowest BCUT2D eigenvalue weighted by atomic mass is 9.90. The average Bonchev–Trinajstić information content (AvgIpc) is 2.51. The number of hydrogen-bond acceptors (Lipinski definition) is 3. The molecule has 0 radical (unpaired) electrons. The molecule has 2 aliphatic rings. The summed E-state index contributed by atoms with van der Waals surface area (Å²) in [4.78, 5) is 17.1. The van der Waals surface area contributed by atoms with Gasteiger partial charge in [-0.1, -0.05) is 32.6 Å². The molecule has 4 heteroatoms. The Bertz CT molecular complexity index is 328. The molecular formula is C17H33N3O. The zero-order chi connectivity index (χ0) is 15.2. The van der Waals surface area contributed by atoms with E-state index in [0.29, 0.717) is 30.5 Å². The summed E-state index contributed by atoms with van der Waals surface area (Å²) in [6.45, 7) is 7.74. The van der Waals surface area contributed by atoms with Crippen LogP contribution in [-0.4, -0.2) is 54.0 Å². The number of likely N-dealkylation sites (tertiary alicyclic amines) is 1. The summed E-state index contributed by atoms with van der Waals surface area (Å²) in [6.07, 6.45) is 8.44. The van der Waals surface area contributed by atoms with Crippen molar-refractivity contribution >= 4 is 5.91 Å². The summed E-state index contributed by atoms with van der Waals surface area (Å²) in [5, 5.41) is 0. The summed E-state index contributed by atoms with van der Waals surface area (Å²) in [5.41, 5.74) is 6.16. The Morgan fingerprint density at radius 1 is 1.19 bits per heavy atom. The van der Waals surface area contributed by atoms with Crippen molar-refractivity contribution in [3.8, 4) is 0 Å². The number of rotatable bonds is 5. The molecule has 1 saturated carbocycles. The van der Waals surface area contributed by atoms with Crippen LogP contribution in [0.25, 0.3) is 0 Å². The van der Waals surface area contributed by atoms with E-state index >= 15 is 0 Å². The molecule has 1 aliphatic carbocycles. The molecule has 2 N–H and O–H groups in total. The van der Waals surface area contributed by atoms with Crippen molar-refractivity contribution in [3.63, 3.8) is 0 Å². The van der Waals surface area contributed by atoms with Crippen LogP contribution in [0.4, 0.5) is 0 Å². The van der Waals surface area contributed by atoms with E-state index in [0.717, 1.165) is 32.5 Å². The van der Waals surface area contributed by atoms with Crippen molar-refractivity contribution in [2.24, 2.45) is 11.7 Å². The summed E-state index contributed by atoms with van der Waals surface area (Å²) >= 11 is 0. The molecule has 0 aromatic heterocycles. The van der Waals surface area contributed by atoms with Crippen molar-refractivity contribution in [2.75, 3.05) is 26.2 Å². The summed E-state index contributed by atoms with van der Waals surface area (Å²) < 4.78 is 0. The summed E-state index contributed by atoms with van der Waals surface area (Å²) in [5.74, 6) is 0.881. The van der Waals surface area contributed by atoms with E-state index in [1.54, 1.807) is 0 Å². The van der Waals surface area contributed by atoms with Gasteiger partial charge in [-0.15, -0.1) is 0 Å². The molecule has 2 atom stereocenters. The second-order valence-corrected chi connectivity index (χ2v) is 6.83. The van der Waals surface area contributed by atoms with Crippen LogP contribution in [0.5, 0.6) is 0 Å². The van der Waals surface area contributed by atoms with Crippen molar-refractivity contribution in [3.05, 3.63) is 0 Å². The van der Waals surface area contributed by atoms with Crippen molar-refractivity contribution in [2.45, 2.75) is 70.9 Å². The van der Waals surface area contributed by atoms with Crippen molar-refractivity contribution < 1.29 is 4.79 Å². The number of nitrogens with zero attached hydrogens (tertiary/aromatic N) is 2. The lowest BCUT2D eigenvalue weighted by molar-refractivity contribution is -0.135. The number of piperidine rings is 1. The SMILES string of the molecule is CCC1CN(CC(=O)N(CC)C2CCCCC2)CCC1N. The molecule has 0 aromatic carbocycles. The normalized spacial score (nSPS) is 28.5. The highest BCUT2D eigenvalue weighted by molar-refractivity contribution is 5.78. The first-order valence-electron chi connectivity index (χ1n) is 8.93.